The summed E-state index contributed by atoms with van der Waals surface area (Å²) in [5, 5.41) is 2.73. The second-order valence-corrected chi connectivity index (χ2v) is 10.4. The number of piperazine rings is 1. The van der Waals surface area contributed by atoms with Gasteiger partial charge in [0.1, 0.15) is 12.2 Å². The molecule has 2 heterocycles. The van der Waals surface area contributed by atoms with Gasteiger partial charge in [-0.15, -0.1) is 0 Å². The summed E-state index contributed by atoms with van der Waals surface area (Å²) in [5.41, 5.74) is 0.931. The molecule has 11 heteroatoms. The van der Waals surface area contributed by atoms with Crippen LogP contribution in [0.2, 0.25) is 0 Å². The van der Waals surface area contributed by atoms with Crippen LogP contribution in [0, 0.1) is 6.92 Å². The van der Waals surface area contributed by atoms with Crippen molar-refractivity contribution in [3.8, 4) is 0 Å². The number of fused-ring (bicyclic) bond motifs is 1. The Bertz CT molecular complexity index is 1200. The molecule has 2 fully saturated rings. The molecule has 2 aromatic carbocycles. The summed E-state index contributed by atoms with van der Waals surface area (Å²) in [5.74, 6) is -0.346. The predicted molar refractivity (Wildman–Crippen MR) is 139 cm³/mol. The van der Waals surface area contributed by atoms with Gasteiger partial charge in [0.2, 0.25) is 11.8 Å². The minimum absolute atomic E-state index is 0.0665. The summed E-state index contributed by atoms with van der Waals surface area (Å²) in [6.45, 7) is 2.69. The Kier molecular flexibility index (Phi) is 8.48. The molecular formula is C28H34F3N5O3. The Morgan fingerprint density at radius 1 is 1.08 bits per heavy atom. The molecule has 2 atom stereocenters. The first kappa shape index (κ1) is 28.4. The number of carbonyl (C=O) groups excluding carboxylic acids is 3. The molecule has 0 bridgehead atoms. The van der Waals surface area contributed by atoms with Crippen LogP contribution in [-0.4, -0.2) is 83.4 Å². The summed E-state index contributed by atoms with van der Waals surface area (Å²) in [7, 11) is 3.78. The fourth-order valence-electron chi connectivity index (χ4n) is 5.23. The van der Waals surface area contributed by atoms with E-state index in [2.05, 4.69) is 5.32 Å². The lowest BCUT2D eigenvalue weighted by molar-refractivity contribution is -0.167. The lowest BCUT2D eigenvalue weighted by atomic mass is 10.0. The van der Waals surface area contributed by atoms with Gasteiger partial charge in [-0.2, -0.15) is 13.2 Å². The molecule has 2 aromatic rings. The number of hydrogen-bond donors (Lipinski definition) is 1. The number of halogens is 3. The largest absolute Gasteiger partial charge is 0.416 e. The van der Waals surface area contributed by atoms with Crippen LogP contribution in [0.25, 0.3) is 0 Å². The second-order valence-electron chi connectivity index (χ2n) is 10.4. The Labute approximate surface area is 226 Å². The van der Waals surface area contributed by atoms with Crippen molar-refractivity contribution in [2.75, 3.05) is 33.7 Å². The third kappa shape index (κ3) is 6.70. The van der Waals surface area contributed by atoms with Crippen LogP contribution in [0.1, 0.15) is 35.1 Å². The number of benzene rings is 2. The van der Waals surface area contributed by atoms with Gasteiger partial charge in [-0.25, -0.2) is 4.79 Å². The van der Waals surface area contributed by atoms with Crippen molar-refractivity contribution in [2.45, 2.75) is 51.2 Å². The molecule has 39 heavy (non-hydrogen) atoms. The first-order valence-corrected chi connectivity index (χ1v) is 12.9. The summed E-state index contributed by atoms with van der Waals surface area (Å²) < 4.78 is 39.8. The average Bonchev–Trinajstić information content (AvgIpc) is 2.87. The molecule has 2 aliphatic heterocycles. The van der Waals surface area contributed by atoms with E-state index >= 15 is 0 Å². The van der Waals surface area contributed by atoms with Crippen LogP contribution >= 0.6 is 0 Å². The summed E-state index contributed by atoms with van der Waals surface area (Å²) in [6, 6.07) is 12.0. The fraction of sp³-hybridized carbons (Fsp3) is 0.464. The Morgan fingerprint density at radius 2 is 1.79 bits per heavy atom. The second kappa shape index (κ2) is 11.6. The van der Waals surface area contributed by atoms with Crippen molar-refractivity contribution < 1.29 is 27.6 Å². The molecule has 0 saturated carbocycles. The zero-order chi connectivity index (χ0) is 28.3. The van der Waals surface area contributed by atoms with Crippen molar-refractivity contribution in [1.29, 1.82) is 0 Å². The molecule has 0 unspecified atom stereocenters. The van der Waals surface area contributed by atoms with E-state index in [1.165, 1.54) is 9.80 Å². The lowest BCUT2D eigenvalue weighted by Crippen LogP contribution is -2.72. The van der Waals surface area contributed by atoms with E-state index in [0.29, 0.717) is 30.6 Å². The van der Waals surface area contributed by atoms with Gasteiger partial charge in [0.15, 0.2) is 0 Å². The third-order valence-electron chi connectivity index (χ3n) is 7.09. The number of nitrogens with zero attached hydrogens (tertiary/aromatic N) is 4. The molecule has 4 amide bonds. The SMILES string of the molecule is Cc1cc(CNC(=O)N2CCC(=O)N3[C@@H]2CN(Cc2ccccc2)C(=O)[C@@H]3CCN(C)C)cc(C(F)(F)F)c1. The molecule has 0 aliphatic carbocycles. The summed E-state index contributed by atoms with van der Waals surface area (Å²) >= 11 is 0. The van der Waals surface area contributed by atoms with Crippen molar-refractivity contribution in [2.24, 2.45) is 0 Å². The van der Waals surface area contributed by atoms with Crippen LogP contribution in [-0.2, 0) is 28.9 Å². The van der Waals surface area contributed by atoms with E-state index in [1.807, 2.05) is 49.3 Å². The first-order chi connectivity index (χ1) is 18.4. The van der Waals surface area contributed by atoms with E-state index < -0.39 is 30.0 Å². The number of amides is 4. The number of alkyl halides is 3. The maximum Gasteiger partial charge on any atom is 0.416 e. The van der Waals surface area contributed by atoms with E-state index in [9.17, 15) is 27.6 Å². The Balaban J connectivity index is 1.56. The Morgan fingerprint density at radius 3 is 2.46 bits per heavy atom. The number of urea groups is 1. The topological polar surface area (TPSA) is 76.2 Å². The zero-order valence-corrected chi connectivity index (χ0v) is 22.4. The quantitative estimate of drug-likeness (QED) is 0.579. The molecule has 210 valence electrons. The summed E-state index contributed by atoms with van der Waals surface area (Å²) in [4.78, 5) is 46.7. The van der Waals surface area contributed by atoms with Crippen LogP contribution in [0.5, 0.6) is 0 Å². The number of carbonyl (C=O) groups is 3. The van der Waals surface area contributed by atoms with Crippen molar-refractivity contribution >= 4 is 17.8 Å². The van der Waals surface area contributed by atoms with Gasteiger partial charge in [-0.1, -0.05) is 42.0 Å². The molecule has 8 nitrogen and oxygen atoms in total. The van der Waals surface area contributed by atoms with Gasteiger partial charge in [-0.05, 0) is 57.2 Å². The first-order valence-electron chi connectivity index (χ1n) is 12.9. The standard InChI is InChI=1S/C28H34F3N5O3/c1-19-13-21(15-22(14-19)28(29,30)31)16-32-27(39)35-12-10-25(37)36-23(9-11-33(2)3)26(38)34(18-24(35)36)17-20-7-5-4-6-8-20/h4-8,13-15,23-24H,9-12,16-18H2,1-3H3,(H,32,39)/t23-,24+/m0/s1. The van der Waals surface area contributed by atoms with E-state index in [-0.39, 0.29) is 37.9 Å². The van der Waals surface area contributed by atoms with Gasteiger partial charge in [0.25, 0.3) is 0 Å². The van der Waals surface area contributed by atoms with Crippen LogP contribution in [0.4, 0.5) is 18.0 Å². The molecule has 1 N–H and O–H groups in total. The van der Waals surface area contributed by atoms with Gasteiger partial charge in [0, 0.05) is 26.1 Å². The number of hydrogen-bond acceptors (Lipinski definition) is 4. The smallest absolute Gasteiger partial charge is 0.334 e. The minimum atomic E-state index is -4.49. The predicted octanol–water partition coefficient (Wildman–Crippen LogP) is 3.45. The average molecular weight is 546 g/mol. The maximum atomic E-state index is 13.6. The monoisotopic (exact) mass is 545 g/mol. The molecule has 2 aliphatic rings. The van der Waals surface area contributed by atoms with Gasteiger partial charge in [0.05, 0.1) is 12.1 Å². The van der Waals surface area contributed by atoms with Gasteiger partial charge < -0.3 is 24.9 Å². The van der Waals surface area contributed by atoms with Crippen molar-refractivity contribution in [3.05, 3.63) is 70.8 Å². The van der Waals surface area contributed by atoms with Crippen molar-refractivity contribution in [3.63, 3.8) is 0 Å². The molecule has 4 rings (SSSR count). The normalized spacial score (nSPS) is 19.9. The number of aryl methyl sites for hydroxylation is 1. The third-order valence-corrected chi connectivity index (χ3v) is 7.09. The van der Waals surface area contributed by atoms with Gasteiger partial charge in [-0.3, -0.25) is 9.59 Å². The summed E-state index contributed by atoms with van der Waals surface area (Å²) in [6.07, 6.45) is -4.69. The Hall–Kier alpha value is -3.60. The molecule has 0 radical (unpaired) electrons. The highest BCUT2D eigenvalue weighted by molar-refractivity contribution is 5.91. The van der Waals surface area contributed by atoms with E-state index in [0.717, 1.165) is 17.7 Å². The number of rotatable bonds is 7. The fourth-order valence-corrected chi connectivity index (χ4v) is 5.23. The van der Waals surface area contributed by atoms with Crippen LogP contribution in [0.15, 0.2) is 48.5 Å². The van der Waals surface area contributed by atoms with E-state index in [1.54, 1.807) is 17.9 Å². The highest BCUT2D eigenvalue weighted by Crippen LogP contribution is 2.31. The number of nitrogens with one attached hydrogen (secondary N) is 1. The van der Waals surface area contributed by atoms with Crippen molar-refractivity contribution in [1.82, 2.24) is 24.9 Å². The molecule has 2 saturated heterocycles. The van der Waals surface area contributed by atoms with E-state index in [4.69, 9.17) is 0 Å². The highest BCUT2D eigenvalue weighted by atomic mass is 19.4. The van der Waals surface area contributed by atoms with Crippen LogP contribution in [0.3, 0.4) is 0 Å². The zero-order valence-electron chi connectivity index (χ0n) is 22.4. The highest BCUT2D eigenvalue weighted by Gasteiger charge is 2.48. The molecule has 0 aromatic heterocycles. The van der Waals surface area contributed by atoms with Gasteiger partial charge >= 0.3 is 12.2 Å². The lowest BCUT2D eigenvalue weighted by Gasteiger charge is -2.52. The molecular weight excluding hydrogens is 511 g/mol. The minimum Gasteiger partial charge on any atom is -0.334 e. The van der Waals surface area contributed by atoms with Crippen LogP contribution < -0.4 is 5.32 Å². The maximum absolute atomic E-state index is 13.6. The molecule has 0 spiro atoms.